The zero-order valence-corrected chi connectivity index (χ0v) is 38.4. The molecule has 66 heavy (non-hydrogen) atoms. The van der Waals surface area contributed by atoms with Crippen LogP contribution < -0.4 is 19.7 Å². The van der Waals surface area contributed by atoms with Gasteiger partial charge in [-0.1, -0.05) is 38.1 Å². The van der Waals surface area contributed by atoms with Gasteiger partial charge in [0.25, 0.3) is 11.6 Å². The van der Waals surface area contributed by atoms with E-state index < -0.39 is 27.5 Å². The Kier molecular flexibility index (Phi) is 12.3. The van der Waals surface area contributed by atoms with E-state index in [1.54, 1.807) is 24.7 Å². The Morgan fingerprint density at radius 2 is 1.79 bits per heavy atom. The number of nitro benzene ring substituents is 1. The predicted octanol–water partition coefficient (Wildman–Crippen LogP) is 8.44. The summed E-state index contributed by atoms with van der Waals surface area (Å²) in [5.41, 5.74) is 2.84. The summed E-state index contributed by atoms with van der Waals surface area (Å²) < 4.78 is 43.6. The molecule has 348 valence electrons. The molecule has 5 aromatic rings. The predicted molar refractivity (Wildman–Crippen MR) is 251 cm³/mol. The maximum absolute atomic E-state index is 15.8. The number of nitrogens with zero attached hydrogens (tertiary/aromatic N) is 6. The van der Waals surface area contributed by atoms with E-state index in [1.165, 1.54) is 48.9 Å². The summed E-state index contributed by atoms with van der Waals surface area (Å²) in [6, 6.07) is 19.8. The van der Waals surface area contributed by atoms with Gasteiger partial charge in [0.1, 0.15) is 22.8 Å². The van der Waals surface area contributed by atoms with Gasteiger partial charge in [-0.3, -0.25) is 29.4 Å². The van der Waals surface area contributed by atoms with E-state index in [0.29, 0.717) is 80.0 Å². The number of aromatic amines is 1. The van der Waals surface area contributed by atoms with Gasteiger partial charge >= 0.3 is 0 Å². The molecule has 4 saturated heterocycles. The van der Waals surface area contributed by atoms with Crippen LogP contribution in [-0.4, -0.2) is 110 Å². The van der Waals surface area contributed by atoms with Crippen molar-refractivity contribution in [3.8, 4) is 11.5 Å². The number of nitrogens with one attached hydrogen (secondary N) is 3. The quantitative estimate of drug-likeness (QED) is 0.0719. The molecule has 15 nitrogen and oxygen atoms in total. The Hall–Kier alpha value is -5.49. The number of fused-ring (bicyclic) bond motifs is 1. The number of likely N-dealkylation sites (tertiary alicyclic amines) is 2. The number of amides is 1. The molecule has 0 bridgehead atoms. The monoisotopic (exact) mass is 919 g/mol. The third-order valence-corrected chi connectivity index (χ3v) is 16.0. The molecule has 1 amide bonds. The number of hydrogen-bond acceptors (Lipinski definition) is 12. The van der Waals surface area contributed by atoms with Gasteiger partial charge in [0.05, 0.1) is 47.2 Å². The van der Waals surface area contributed by atoms with Crippen molar-refractivity contribution >= 4 is 45.0 Å². The summed E-state index contributed by atoms with van der Waals surface area (Å²) in [5, 5.41) is 16.0. The second-order valence-corrected chi connectivity index (χ2v) is 20.5. The highest BCUT2D eigenvalue weighted by Gasteiger charge is 2.50. The third kappa shape index (κ3) is 9.02. The average Bonchev–Trinajstić information content (AvgIpc) is 3.98. The van der Waals surface area contributed by atoms with Gasteiger partial charge in [-0.05, 0) is 105 Å². The SMILES string of the molecule is CC(C)c1ccccc1C1CCCN1C1CC2(CCN(c3cnc(C(=O)NS(=O)c4ccc(NCC5(F)CCN(C6COC6)CC5)c([N+](=O)[O-])c4)c(Oc4cnc5[nH]ccc5c4)c3)CC2)C1. The number of halogens is 1. The summed E-state index contributed by atoms with van der Waals surface area (Å²) >= 11 is 0. The normalized spacial score (nSPS) is 21.7. The lowest BCUT2D eigenvalue weighted by Crippen LogP contribution is -2.55. The van der Waals surface area contributed by atoms with Crippen molar-refractivity contribution in [1.82, 2.24) is 29.5 Å². The van der Waals surface area contributed by atoms with E-state index in [9.17, 15) is 19.1 Å². The van der Waals surface area contributed by atoms with Crippen LogP contribution in [0.15, 0.2) is 84.1 Å². The fraction of sp³-hybridized carbons (Fsp3) is 0.490. The number of nitro groups is 1. The first-order valence-corrected chi connectivity index (χ1v) is 24.5. The zero-order chi connectivity index (χ0) is 45.6. The number of alkyl halides is 1. The van der Waals surface area contributed by atoms with Crippen LogP contribution >= 0.6 is 0 Å². The Balaban J connectivity index is 0.810. The lowest BCUT2D eigenvalue weighted by atomic mass is 9.59. The van der Waals surface area contributed by atoms with E-state index in [0.717, 1.165) is 49.6 Å². The number of carbonyl (C=O) groups is 1. The number of rotatable bonds is 14. The highest BCUT2D eigenvalue weighted by molar-refractivity contribution is 7.83. The molecule has 5 fully saturated rings. The highest BCUT2D eigenvalue weighted by Crippen LogP contribution is 2.54. The Labute approximate surface area is 386 Å². The van der Waals surface area contributed by atoms with Gasteiger partial charge in [-0.2, -0.15) is 0 Å². The summed E-state index contributed by atoms with van der Waals surface area (Å²) in [7, 11) is -2.22. The van der Waals surface area contributed by atoms with Gasteiger partial charge in [0.15, 0.2) is 22.4 Å². The van der Waals surface area contributed by atoms with Gasteiger partial charge in [-0.15, -0.1) is 0 Å². The van der Waals surface area contributed by atoms with Crippen molar-refractivity contribution in [2.75, 3.05) is 62.7 Å². The summed E-state index contributed by atoms with van der Waals surface area (Å²) in [4.78, 5) is 44.9. The molecule has 1 aliphatic carbocycles. The lowest BCUT2D eigenvalue weighted by molar-refractivity contribution is -0.384. The second-order valence-electron chi connectivity index (χ2n) is 19.3. The molecular weight excluding hydrogens is 862 g/mol. The Morgan fingerprint density at radius 3 is 2.53 bits per heavy atom. The van der Waals surface area contributed by atoms with Gasteiger partial charge in [0, 0.05) is 68.5 Å². The molecule has 5 aliphatic rings. The molecule has 3 aromatic heterocycles. The third-order valence-electron chi connectivity index (χ3n) is 14.9. The fourth-order valence-corrected chi connectivity index (χ4v) is 11.7. The van der Waals surface area contributed by atoms with Crippen LogP contribution in [0.3, 0.4) is 0 Å². The van der Waals surface area contributed by atoms with Crippen molar-refractivity contribution in [2.45, 2.75) is 99.8 Å². The van der Waals surface area contributed by atoms with E-state index in [2.05, 4.69) is 77.8 Å². The number of hydrogen-bond donors (Lipinski definition) is 3. The molecule has 2 aromatic carbocycles. The minimum absolute atomic E-state index is 0.00566. The van der Waals surface area contributed by atoms with E-state index in [-0.39, 0.29) is 34.3 Å². The van der Waals surface area contributed by atoms with Gasteiger partial charge < -0.3 is 24.7 Å². The number of benzene rings is 2. The minimum atomic E-state index is -2.22. The topological polar surface area (TPSA) is 171 Å². The number of ether oxygens (including phenoxy) is 2. The molecule has 2 atom stereocenters. The first-order valence-electron chi connectivity index (χ1n) is 23.4. The van der Waals surface area contributed by atoms with Crippen molar-refractivity contribution in [1.29, 1.82) is 0 Å². The summed E-state index contributed by atoms with van der Waals surface area (Å²) in [6.07, 6.45) is 12.5. The largest absolute Gasteiger partial charge is 0.453 e. The minimum Gasteiger partial charge on any atom is -0.453 e. The molecular formula is C49H58FN9O6S. The number of piperidine rings is 2. The first-order chi connectivity index (χ1) is 31.9. The van der Waals surface area contributed by atoms with Crippen LogP contribution in [0, 0.1) is 15.5 Å². The van der Waals surface area contributed by atoms with Gasteiger partial charge in [-0.25, -0.2) is 18.6 Å². The molecule has 0 radical (unpaired) electrons. The number of H-pyrrole nitrogens is 1. The first kappa shape index (κ1) is 44.4. The lowest BCUT2D eigenvalue weighted by Gasteiger charge is -2.56. The van der Waals surface area contributed by atoms with Crippen molar-refractivity contribution in [3.63, 3.8) is 0 Å². The van der Waals surface area contributed by atoms with Crippen molar-refractivity contribution < 1.29 is 27.8 Å². The van der Waals surface area contributed by atoms with Crippen LogP contribution in [-0.2, 0) is 15.7 Å². The molecule has 1 spiro atoms. The van der Waals surface area contributed by atoms with E-state index >= 15 is 4.39 Å². The summed E-state index contributed by atoms with van der Waals surface area (Å²) in [6.45, 7) is 9.80. The van der Waals surface area contributed by atoms with Crippen LogP contribution in [0.1, 0.15) is 98.8 Å². The zero-order valence-electron chi connectivity index (χ0n) is 37.5. The smallest absolute Gasteiger partial charge is 0.293 e. The van der Waals surface area contributed by atoms with Crippen LogP contribution in [0.2, 0.25) is 0 Å². The molecule has 17 heteroatoms. The summed E-state index contributed by atoms with van der Waals surface area (Å²) in [5.74, 6) is 0.250. The van der Waals surface area contributed by atoms with Crippen LogP contribution in [0.5, 0.6) is 11.5 Å². The number of aromatic nitrogens is 3. The standard InChI is InChI=1S/C49H58FN9O6S/c1-32(2)39-6-3-4-7-40(39)42-8-5-17-58(42)35-25-48(26-35)12-18-56(19-13-48)34-23-44(65-37-22-33-11-16-51-46(33)53-28-37)45(52-27-34)47(60)55-66(63)38-9-10-41(43(24-38)59(61)62)54-31-49(50)14-20-57(21-15-49)36-29-64-30-36/h3-4,6-7,9-11,16,22-24,27-28,32,35-36,42,54H,5,8,12-15,17-21,25-26,29-31H2,1-2H3,(H,51,53)(H,55,60). The van der Waals surface area contributed by atoms with E-state index in [1.807, 2.05) is 12.1 Å². The van der Waals surface area contributed by atoms with Crippen LogP contribution in [0.25, 0.3) is 11.0 Å². The Morgan fingerprint density at radius 1 is 1.00 bits per heavy atom. The number of pyridine rings is 2. The molecule has 10 rings (SSSR count). The molecule has 7 heterocycles. The molecule has 2 unspecified atom stereocenters. The number of carbonyl (C=O) groups excluding carboxylic acids is 1. The van der Waals surface area contributed by atoms with Gasteiger partial charge in [0.2, 0.25) is 0 Å². The molecule has 3 N–H and O–H groups in total. The van der Waals surface area contributed by atoms with E-state index in [4.69, 9.17) is 9.47 Å². The maximum atomic E-state index is 15.8. The van der Waals surface area contributed by atoms with Crippen molar-refractivity contribution in [3.05, 3.63) is 106 Å². The molecule has 1 saturated carbocycles. The fourth-order valence-electron chi connectivity index (χ4n) is 11.0. The number of anilines is 2. The highest BCUT2D eigenvalue weighted by atomic mass is 32.2. The van der Waals surface area contributed by atoms with Crippen LogP contribution in [0.4, 0.5) is 21.5 Å². The molecule has 4 aliphatic heterocycles. The average molecular weight is 920 g/mol. The Bertz CT molecular complexity index is 2620. The second kappa shape index (κ2) is 18.3. The van der Waals surface area contributed by atoms with Crippen molar-refractivity contribution in [2.24, 2.45) is 5.41 Å². The maximum Gasteiger partial charge on any atom is 0.293 e.